The number of rotatable bonds is 3. The average Bonchev–Trinajstić information content (AvgIpc) is 2.72. The lowest BCUT2D eigenvalue weighted by molar-refractivity contribution is -0.147. The van der Waals surface area contributed by atoms with Crippen LogP contribution in [0, 0.1) is 12.8 Å². The van der Waals surface area contributed by atoms with E-state index in [1.54, 1.807) is 11.8 Å². The number of hydrogen-bond acceptors (Lipinski definition) is 3. The van der Waals surface area contributed by atoms with Crippen molar-refractivity contribution in [3.8, 4) is 0 Å². The number of nitrogens with zero attached hydrogens (tertiary/aromatic N) is 1. The molecule has 4 nitrogen and oxygen atoms in total. The van der Waals surface area contributed by atoms with Crippen molar-refractivity contribution in [2.24, 2.45) is 5.92 Å². The molecule has 1 heterocycles. The molecular weight excluding hydrogens is 230 g/mol. The van der Waals surface area contributed by atoms with E-state index in [9.17, 15) is 9.59 Å². The lowest BCUT2D eigenvalue weighted by atomic mass is 10.1. The summed E-state index contributed by atoms with van der Waals surface area (Å²) in [6.07, 6.45) is 0.243. The van der Waals surface area contributed by atoms with Crippen LogP contribution in [0.1, 0.15) is 18.9 Å². The largest absolute Gasteiger partial charge is 0.466 e. The first-order valence-corrected chi connectivity index (χ1v) is 6.15. The molecule has 4 heteroatoms. The Hall–Kier alpha value is -1.84. The van der Waals surface area contributed by atoms with E-state index in [0.717, 1.165) is 11.3 Å². The van der Waals surface area contributed by atoms with Crippen molar-refractivity contribution in [1.82, 2.24) is 0 Å². The van der Waals surface area contributed by atoms with Gasteiger partial charge in [0.25, 0.3) is 0 Å². The highest BCUT2D eigenvalue weighted by atomic mass is 16.5. The van der Waals surface area contributed by atoms with Crippen LogP contribution in [0.15, 0.2) is 24.3 Å². The lowest BCUT2D eigenvalue weighted by Gasteiger charge is -2.16. The van der Waals surface area contributed by atoms with Crippen LogP contribution in [0.3, 0.4) is 0 Å². The Labute approximate surface area is 107 Å². The van der Waals surface area contributed by atoms with Gasteiger partial charge in [-0.25, -0.2) is 0 Å². The van der Waals surface area contributed by atoms with E-state index in [1.165, 1.54) is 0 Å². The number of carbonyl (C=O) groups excluding carboxylic acids is 2. The Bertz CT molecular complexity index is 470. The molecule has 1 aromatic rings. The maximum absolute atomic E-state index is 11.9. The summed E-state index contributed by atoms with van der Waals surface area (Å²) >= 11 is 0. The highest BCUT2D eigenvalue weighted by Gasteiger charge is 2.35. The summed E-state index contributed by atoms with van der Waals surface area (Å²) in [5.41, 5.74) is 1.95. The number of hydrogen-bond donors (Lipinski definition) is 0. The van der Waals surface area contributed by atoms with Crippen LogP contribution in [0.5, 0.6) is 0 Å². The summed E-state index contributed by atoms with van der Waals surface area (Å²) in [6, 6.07) is 7.73. The van der Waals surface area contributed by atoms with Gasteiger partial charge in [-0.1, -0.05) is 12.1 Å². The summed E-state index contributed by atoms with van der Waals surface area (Å²) in [4.78, 5) is 25.2. The van der Waals surface area contributed by atoms with Gasteiger partial charge in [-0.05, 0) is 31.5 Å². The zero-order valence-corrected chi connectivity index (χ0v) is 10.7. The molecule has 1 saturated heterocycles. The van der Waals surface area contributed by atoms with E-state index in [1.807, 2.05) is 31.2 Å². The van der Waals surface area contributed by atoms with Crippen molar-refractivity contribution in [2.75, 3.05) is 18.1 Å². The van der Waals surface area contributed by atoms with Gasteiger partial charge in [0.2, 0.25) is 5.91 Å². The normalized spacial score (nSPS) is 19.1. The molecule has 0 spiro atoms. The fourth-order valence-electron chi connectivity index (χ4n) is 2.17. The van der Waals surface area contributed by atoms with Gasteiger partial charge in [-0.15, -0.1) is 0 Å². The molecule has 18 heavy (non-hydrogen) atoms. The molecule has 1 aliphatic rings. The standard InChI is InChI=1S/C14H17NO3/c1-3-18-14(17)11-8-13(16)15(9-11)12-6-4-5-10(2)7-12/h4-7,11H,3,8-9H2,1-2H3. The number of esters is 1. The van der Waals surface area contributed by atoms with E-state index in [2.05, 4.69) is 0 Å². The predicted octanol–water partition coefficient (Wildman–Crippen LogP) is 1.91. The maximum Gasteiger partial charge on any atom is 0.311 e. The van der Waals surface area contributed by atoms with Crippen molar-refractivity contribution in [2.45, 2.75) is 20.3 Å². The Morgan fingerprint density at radius 3 is 2.94 bits per heavy atom. The molecule has 0 bridgehead atoms. The minimum atomic E-state index is -0.335. The van der Waals surface area contributed by atoms with Gasteiger partial charge in [-0.3, -0.25) is 9.59 Å². The summed E-state index contributed by atoms with van der Waals surface area (Å²) in [6.45, 7) is 4.52. The number of benzene rings is 1. The van der Waals surface area contributed by atoms with Crippen molar-refractivity contribution in [1.29, 1.82) is 0 Å². The number of carbonyl (C=O) groups is 2. The monoisotopic (exact) mass is 247 g/mol. The fraction of sp³-hybridized carbons (Fsp3) is 0.429. The van der Waals surface area contributed by atoms with Crippen LogP contribution in [0.2, 0.25) is 0 Å². The number of anilines is 1. The molecule has 1 amide bonds. The van der Waals surface area contributed by atoms with Crippen LogP contribution in [0.25, 0.3) is 0 Å². The molecule has 1 aromatic carbocycles. The summed E-state index contributed by atoms with van der Waals surface area (Å²) < 4.78 is 4.96. The minimum Gasteiger partial charge on any atom is -0.466 e. The van der Waals surface area contributed by atoms with Crippen LogP contribution < -0.4 is 4.90 Å². The van der Waals surface area contributed by atoms with E-state index in [0.29, 0.717) is 13.2 Å². The molecule has 0 N–H and O–H groups in total. The van der Waals surface area contributed by atoms with Crippen molar-refractivity contribution >= 4 is 17.6 Å². The summed E-state index contributed by atoms with van der Waals surface area (Å²) in [5.74, 6) is -0.627. The Kier molecular flexibility index (Phi) is 3.65. The first-order valence-electron chi connectivity index (χ1n) is 6.15. The van der Waals surface area contributed by atoms with Crippen LogP contribution in [0.4, 0.5) is 5.69 Å². The molecule has 96 valence electrons. The smallest absolute Gasteiger partial charge is 0.311 e. The van der Waals surface area contributed by atoms with E-state index in [-0.39, 0.29) is 24.2 Å². The molecule has 0 aromatic heterocycles. The van der Waals surface area contributed by atoms with E-state index >= 15 is 0 Å². The Balaban J connectivity index is 2.12. The number of aryl methyl sites for hydroxylation is 1. The Morgan fingerprint density at radius 2 is 2.28 bits per heavy atom. The maximum atomic E-state index is 11.9. The minimum absolute atomic E-state index is 0.0151. The summed E-state index contributed by atoms with van der Waals surface area (Å²) in [7, 11) is 0. The second kappa shape index (κ2) is 5.21. The van der Waals surface area contributed by atoms with E-state index < -0.39 is 0 Å². The first-order chi connectivity index (χ1) is 8.61. The van der Waals surface area contributed by atoms with Crippen LogP contribution in [-0.4, -0.2) is 25.0 Å². The lowest BCUT2D eigenvalue weighted by Crippen LogP contribution is -2.26. The average molecular weight is 247 g/mol. The van der Waals surface area contributed by atoms with Crippen molar-refractivity contribution < 1.29 is 14.3 Å². The highest BCUT2D eigenvalue weighted by molar-refractivity contribution is 5.99. The van der Waals surface area contributed by atoms with E-state index in [4.69, 9.17) is 4.74 Å². The molecule has 0 saturated carbocycles. The second-order valence-electron chi connectivity index (χ2n) is 4.50. The third-order valence-electron chi connectivity index (χ3n) is 3.06. The molecular formula is C14H17NO3. The molecule has 1 unspecified atom stereocenters. The van der Waals surface area contributed by atoms with Crippen LogP contribution in [-0.2, 0) is 14.3 Å². The number of ether oxygens (including phenoxy) is 1. The fourth-order valence-corrected chi connectivity index (χ4v) is 2.17. The highest BCUT2D eigenvalue weighted by Crippen LogP contribution is 2.26. The second-order valence-corrected chi connectivity index (χ2v) is 4.50. The predicted molar refractivity (Wildman–Crippen MR) is 68.3 cm³/mol. The third kappa shape index (κ3) is 2.53. The molecule has 1 aliphatic heterocycles. The molecule has 2 rings (SSSR count). The van der Waals surface area contributed by atoms with Gasteiger partial charge in [0.15, 0.2) is 0 Å². The molecule has 0 radical (unpaired) electrons. The SMILES string of the molecule is CCOC(=O)C1CC(=O)N(c2cccc(C)c2)C1. The van der Waals surface area contributed by atoms with Gasteiger partial charge >= 0.3 is 5.97 Å². The zero-order chi connectivity index (χ0) is 13.1. The van der Waals surface area contributed by atoms with Gasteiger partial charge in [-0.2, -0.15) is 0 Å². The van der Waals surface area contributed by atoms with Gasteiger partial charge in [0, 0.05) is 18.7 Å². The summed E-state index contributed by atoms with van der Waals surface area (Å²) in [5, 5.41) is 0. The third-order valence-corrected chi connectivity index (χ3v) is 3.06. The Morgan fingerprint density at radius 1 is 1.50 bits per heavy atom. The van der Waals surface area contributed by atoms with Gasteiger partial charge in [0.1, 0.15) is 0 Å². The zero-order valence-electron chi connectivity index (χ0n) is 10.7. The first kappa shape index (κ1) is 12.6. The topological polar surface area (TPSA) is 46.6 Å². The molecule has 1 atom stereocenters. The van der Waals surface area contributed by atoms with Crippen molar-refractivity contribution in [3.05, 3.63) is 29.8 Å². The van der Waals surface area contributed by atoms with Gasteiger partial charge in [0.05, 0.1) is 12.5 Å². The quantitative estimate of drug-likeness (QED) is 0.766. The van der Waals surface area contributed by atoms with Crippen LogP contribution >= 0.6 is 0 Å². The van der Waals surface area contributed by atoms with Gasteiger partial charge < -0.3 is 9.64 Å². The molecule has 0 aliphatic carbocycles. The number of amides is 1. The van der Waals surface area contributed by atoms with Crippen molar-refractivity contribution in [3.63, 3.8) is 0 Å². The molecule has 1 fully saturated rings.